The van der Waals surface area contributed by atoms with Crippen molar-refractivity contribution in [1.29, 1.82) is 0 Å². The van der Waals surface area contributed by atoms with Crippen LogP contribution in [0, 0.1) is 5.41 Å². The van der Waals surface area contributed by atoms with E-state index in [0.29, 0.717) is 13.1 Å². The van der Waals surface area contributed by atoms with Crippen LogP contribution in [0.15, 0.2) is 24.3 Å². The third-order valence-corrected chi connectivity index (χ3v) is 2.60. The van der Waals surface area contributed by atoms with E-state index in [1.54, 1.807) is 0 Å². The SMILES string of the molecule is CC(C)(C)CNC(=O)NCCc1cccc(Cl)c1. The lowest BCUT2D eigenvalue weighted by Gasteiger charge is -2.18. The fourth-order valence-corrected chi connectivity index (χ4v) is 1.63. The number of halogens is 1. The second kappa shape index (κ2) is 6.64. The zero-order valence-corrected chi connectivity index (χ0v) is 12.0. The average Bonchev–Trinajstić information content (AvgIpc) is 2.25. The lowest BCUT2D eigenvalue weighted by molar-refractivity contribution is 0.235. The standard InChI is InChI=1S/C14H21ClN2O/c1-14(2,3)10-17-13(18)16-8-7-11-5-4-6-12(15)9-11/h4-6,9H,7-8,10H2,1-3H3,(H2,16,17,18). The molecule has 1 aromatic rings. The molecular weight excluding hydrogens is 248 g/mol. The molecule has 0 spiro atoms. The van der Waals surface area contributed by atoms with Gasteiger partial charge in [-0.1, -0.05) is 44.5 Å². The van der Waals surface area contributed by atoms with Crippen molar-refractivity contribution in [3.63, 3.8) is 0 Å². The number of nitrogens with one attached hydrogen (secondary N) is 2. The van der Waals surface area contributed by atoms with E-state index in [1.165, 1.54) is 0 Å². The Balaban J connectivity index is 2.23. The largest absolute Gasteiger partial charge is 0.338 e. The Morgan fingerprint density at radius 2 is 2.00 bits per heavy atom. The van der Waals surface area contributed by atoms with E-state index in [-0.39, 0.29) is 11.4 Å². The van der Waals surface area contributed by atoms with Crippen molar-refractivity contribution >= 4 is 17.6 Å². The van der Waals surface area contributed by atoms with Crippen LogP contribution in [0.2, 0.25) is 5.02 Å². The van der Waals surface area contributed by atoms with Crippen LogP contribution in [0.3, 0.4) is 0 Å². The number of hydrogen-bond donors (Lipinski definition) is 2. The van der Waals surface area contributed by atoms with E-state index in [9.17, 15) is 4.79 Å². The lowest BCUT2D eigenvalue weighted by atomic mass is 9.97. The van der Waals surface area contributed by atoms with Crippen molar-refractivity contribution < 1.29 is 4.79 Å². The van der Waals surface area contributed by atoms with Gasteiger partial charge in [-0.2, -0.15) is 0 Å². The van der Waals surface area contributed by atoms with Crippen molar-refractivity contribution in [2.45, 2.75) is 27.2 Å². The maximum Gasteiger partial charge on any atom is 0.314 e. The van der Waals surface area contributed by atoms with E-state index in [2.05, 4.69) is 31.4 Å². The topological polar surface area (TPSA) is 41.1 Å². The Labute approximate surface area is 114 Å². The third-order valence-electron chi connectivity index (χ3n) is 2.37. The quantitative estimate of drug-likeness (QED) is 0.865. The van der Waals surface area contributed by atoms with Gasteiger partial charge in [-0.3, -0.25) is 0 Å². The molecule has 1 aromatic carbocycles. The molecule has 100 valence electrons. The Morgan fingerprint density at radius 3 is 2.61 bits per heavy atom. The predicted molar refractivity (Wildman–Crippen MR) is 76.0 cm³/mol. The summed E-state index contributed by atoms with van der Waals surface area (Å²) in [6, 6.07) is 7.55. The maximum absolute atomic E-state index is 11.5. The average molecular weight is 269 g/mol. The number of benzene rings is 1. The minimum Gasteiger partial charge on any atom is -0.338 e. The van der Waals surface area contributed by atoms with Crippen molar-refractivity contribution in [3.8, 4) is 0 Å². The normalized spacial score (nSPS) is 11.1. The molecule has 0 atom stereocenters. The van der Waals surface area contributed by atoms with Crippen LogP contribution in [-0.2, 0) is 6.42 Å². The molecule has 2 amide bonds. The second-order valence-electron chi connectivity index (χ2n) is 5.55. The smallest absolute Gasteiger partial charge is 0.314 e. The fourth-order valence-electron chi connectivity index (χ4n) is 1.42. The van der Waals surface area contributed by atoms with Crippen LogP contribution in [0.5, 0.6) is 0 Å². The monoisotopic (exact) mass is 268 g/mol. The number of urea groups is 1. The zero-order valence-electron chi connectivity index (χ0n) is 11.2. The Hall–Kier alpha value is -1.22. The van der Waals surface area contributed by atoms with Gasteiger partial charge in [0.2, 0.25) is 0 Å². The van der Waals surface area contributed by atoms with Gasteiger partial charge in [0.25, 0.3) is 0 Å². The highest BCUT2D eigenvalue weighted by atomic mass is 35.5. The van der Waals surface area contributed by atoms with E-state index < -0.39 is 0 Å². The third kappa shape index (κ3) is 6.50. The van der Waals surface area contributed by atoms with Crippen molar-refractivity contribution in [2.24, 2.45) is 5.41 Å². The van der Waals surface area contributed by atoms with E-state index in [1.807, 2.05) is 24.3 Å². The number of carbonyl (C=O) groups is 1. The van der Waals surface area contributed by atoms with Gasteiger partial charge in [0, 0.05) is 18.1 Å². The first kappa shape index (κ1) is 14.8. The minimum atomic E-state index is -0.119. The highest BCUT2D eigenvalue weighted by Gasteiger charge is 2.11. The summed E-state index contributed by atoms with van der Waals surface area (Å²) in [6.45, 7) is 7.52. The highest BCUT2D eigenvalue weighted by molar-refractivity contribution is 6.30. The predicted octanol–water partition coefficient (Wildman–Crippen LogP) is 3.23. The molecule has 1 rings (SSSR count). The van der Waals surface area contributed by atoms with Crippen LogP contribution < -0.4 is 10.6 Å². The van der Waals surface area contributed by atoms with Crippen LogP contribution in [0.4, 0.5) is 4.79 Å². The molecule has 2 N–H and O–H groups in total. The molecule has 0 saturated heterocycles. The molecule has 0 aliphatic carbocycles. The van der Waals surface area contributed by atoms with Crippen molar-refractivity contribution in [2.75, 3.05) is 13.1 Å². The van der Waals surface area contributed by atoms with Crippen molar-refractivity contribution in [3.05, 3.63) is 34.9 Å². The summed E-state index contributed by atoms with van der Waals surface area (Å²) in [5.74, 6) is 0. The van der Waals surface area contributed by atoms with Gasteiger partial charge in [0.1, 0.15) is 0 Å². The molecule has 18 heavy (non-hydrogen) atoms. The summed E-state index contributed by atoms with van der Waals surface area (Å²) in [5, 5.41) is 6.40. The summed E-state index contributed by atoms with van der Waals surface area (Å²) in [7, 11) is 0. The summed E-state index contributed by atoms with van der Waals surface area (Å²) in [6.07, 6.45) is 0.781. The summed E-state index contributed by atoms with van der Waals surface area (Å²) >= 11 is 5.89. The number of amides is 2. The highest BCUT2D eigenvalue weighted by Crippen LogP contribution is 2.11. The molecule has 0 heterocycles. The summed E-state index contributed by atoms with van der Waals surface area (Å²) in [5.41, 5.74) is 1.23. The molecule has 0 aliphatic heterocycles. The van der Waals surface area contributed by atoms with Crippen LogP contribution in [0.25, 0.3) is 0 Å². The van der Waals surface area contributed by atoms with E-state index in [4.69, 9.17) is 11.6 Å². The van der Waals surface area contributed by atoms with E-state index >= 15 is 0 Å². The number of rotatable bonds is 4. The molecule has 0 fully saturated rings. The van der Waals surface area contributed by atoms with Crippen LogP contribution in [-0.4, -0.2) is 19.1 Å². The molecule has 0 saturated carbocycles. The fraction of sp³-hybridized carbons (Fsp3) is 0.500. The van der Waals surface area contributed by atoms with E-state index in [0.717, 1.165) is 17.0 Å². The number of carbonyl (C=O) groups excluding carboxylic acids is 1. The summed E-state index contributed by atoms with van der Waals surface area (Å²) < 4.78 is 0. The first-order chi connectivity index (χ1) is 8.37. The molecular formula is C14H21ClN2O. The van der Waals surface area contributed by atoms with Crippen LogP contribution in [0.1, 0.15) is 26.3 Å². The summed E-state index contributed by atoms with van der Waals surface area (Å²) in [4.78, 5) is 11.5. The second-order valence-corrected chi connectivity index (χ2v) is 5.99. The Bertz CT molecular complexity index is 399. The molecule has 0 unspecified atom stereocenters. The molecule has 4 heteroatoms. The van der Waals surface area contributed by atoms with Gasteiger partial charge in [0.05, 0.1) is 0 Å². The first-order valence-electron chi connectivity index (χ1n) is 6.13. The molecule has 0 aromatic heterocycles. The van der Waals surface area contributed by atoms with Gasteiger partial charge < -0.3 is 10.6 Å². The molecule has 3 nitrogen and oxygen atoms in total. The lowest BCUT2D eigenvalue weighted by Crippen LogP contribution is -2.40. The zero-order chi connectivity index (χ0) is 13.6. The van der Waals surface area contributed by atoms with Gasteiger partial charge in [0.15, 0.2) is 0 Å². The van der Waals surface area contributed by atoms with Gasteiger partial charge in [-0.15, -0.1) is 0 Å². The Morgan fingerprint density at radius 1 is 1.28 bits per heavy atom. The first-order valence-corrected chi connectivity index (χ1v) is 6.51. The van der Waals surface area contributed by atoms with Crippen molar-refractivity contribution in [1.82, 2.24) is 10.6 Å². The Kier molecular flexibility index (Phi) is 5.48. The number of hydrogen-bond acceptors (Lipinski definition) is 1. The molecule has 0 radical (unpaired) electrons. The van der Waals surface area contributed by atoms with Crippen LogP contribution >= 0.6 is 11.6 Å². The minimum absolute atomic E-state index is 0.101. The van der Waals surface area contributed by atoms with Gasteiger partial charge >= 0.3 is 6.03 Å². The maximum atomic E-state index is 11.5. The molecule has 0 bridgehead atoms. The van der Waals surface area contributed by atoms with Gasteiger partial charge in [-0.05, 0) is 29.5 Å². The van der Waals surface area contributed by atoms with Gasteiger partial charge in [-0.25, -0.2) is 4.79 Å². The molecule has 0 aliphatic rings.